The molecule has 0 unspecified atom stereocenters. The molecular weight excluding hydrogens is 294 g/mol. The van der Waals surface area contributed by atoms with Gasteiger partial charge in [0.2, 0.25) is 5.91 Å². The van der Waals surface area contributed by atoms with Crippen LogP contribution < -0.4 is 5.32 Å². The third-order valence-corrected chi connectivity index (χ3v) is 5.18. The number of rotatable bonds is 1. The van der Waals surface area contributed by atoms with Crippen molar-refractivity contribution in [2.75, 3.05) is 0 Å². The molecule has 1 aliphatic carbocycles. The second-order valence-electron chi connectivity index (χ2n) is 5.79. The Morgan fingerprint density at radius 2 is 2.18 bits per heavy atom. The smallest absolute Gasteiger partial charge is 0.227 e. The first-order chi connectivity index (χ1) is 10.7. The van der Waals surface area contributed by atoms with E-state index in [-0.39, 0.29) is 12.0 Å². The zero-order chi connectivity index (χ0) is 15.1. The van der Waals surface area contributed by atoms with Crippen molar-refractivity contribution in [2.24, 2.45) is 0 Å². The number of carbonyl (C=O) groups is 1. The normalized spacial score (nSPS) is 21.8. The minimum Gasteiger partial charge on any atom is -0.488 e. The maximum Gasteiger partial charge on any atom is 0.227 e. The van der Waals surface area contributed by atoms with Crippen LogP contribution in [0.4, 0.5) is 0 Å². The molecule has 0 bridgehead atoms. The van der Waals surface area contributed by atoms with E-state index in [9.17, 15) is 4.79 Å². The van der Waals surface area contributed by atoms with E-state index in [4.69, 9.17) is 4.74 Å². The van der Waals surface area contributed by atoms with Crippen LogP contribution in [-0.4, -0.2) is 12.0 Å². The summed E-state index contributed by atoms with van der Waals surface area (Å²) in [6.07, 6.45) is 4.31. The standard InChI is InChI=1S/C18H17NO2S/c1-11-9-17(20)19-14-7-4-6-13(18(14)21-11)16-10-12-5-2-3-8-15(12)22-16/h2-3,5-6,8,10-11H,4,7,9H2,1H3,(H,19,20)/t11-/m1/s1. The number of hydrogen-bond donors (Lipinski definition) is 1. The van der Waals surface area contributed by atoms with E-state index in [2.05, 4.69) is 41.7 Å². The van der Waals surface area contributed by atoms with Crippen molar-refractivity contribution in [3.63, 3.8) is 0 Å². The highest BCUT2D eigenvalue weighted by molar-refractivity contribution is 7.20. The first kappa shape index (κ1) is 13.6. The molecule has 1 aliphatic heterocycles. The minimum atomic E-state index is -0.0941. The lowest BCUT2D eigenvalue weighted by atomic mass is 10.0. The molecular formula is C18H17NO2S. The molecule has 1 aromatic heterocycles. The highest BCUT2D eigenvalue weighted by Gasteiger charge is 2.27. The van der Waals surface area contributed by atoms with Crippen LogP contribution in [-0.2, 0) is 9.53 Å². The predicted molar refractivity (Wildman–Crippen MR) is 89.4 cm³/mol. The van der Waals surface area contributed by atoms with Crippen molar-refractivity contribution in [1.29, 1.82) is 0 Å². The molecule has 2 aromatic rings. The fourth-order valence-electron chi connectivity index (χ4n) is 3.03. The Morgan fingerprint density at radius 1 is 1.32 bits per heavy atom. The number of amides is 1. The lowest BCUT2D eigenvalue weighted by Gasteiger charge is -2.21. The summed E-state index contributed by atoms with van der Waals surface area (Å²) in [5.74, 6) is 0.909. The van der Waals surface area contributed by atoms with Crippen LogP contribution in [0, 0.1) is 0 Å². The summed E-state index contributed by atoms with van der Waals surface area (Å²) in [5, 5.41) is 4.28. The molecule has 1 aromatic carbocycles. The van der Waals surface area contributed by atoms with Crippen LogP contribution in [0.1, 0.15) is 31.1 Å². The van der Waals surface area contributed by atoms with Gasteiger partial charge in [-0.25, -0.2) is 0 Å². The summed E-state index contributed by atoms with van der Waals surface area (Å²) in [4.78, 5) is 13.1. The number of benzene rings is 1. The minimum absolute atomic E-state index is 0.0510. The molecule has 4 rings (SSSR count). The molecule has 3 nitrogen and oxygen atoms in total. The van der Waals surface area contributed by atoms with Gasteiger partial charge in [-0.05, 0) is 37.3 Å². The van der Waals surface area contributed by atoms with Gasteiger partial charge in [-0.2, -0.15) is 0 Å². The Labute approximate surface area is 133 Å². The van der Waals surface area contributed by atoms with Crippen molar-refractivity contribution >= 4 is 32.9 Å². The molecule has 2 heterocycles. The molecule has 2 aliphatic rings. The number of ether oxygens (including phenoxy) is 1. The number of nitrogens with one attached hydrogen (secondary N) is 1. The van der Waals surface area contributed by atoms with E-state index < -0.39 is 0 Å². The highest BCUT2D eigenvalue weighted by atomic mass is 32.1. The molecule has 4 heteroatoms. The topological polar surface area (TPSA) is 38.3 Å². The number of hydrogen-bond acceptors (Lipinski definition) is 3. The van der Waals surface area contributed by atoms with Crippen LogP contribution in [0.5, 0.6) is 0 Å². The Balaban J connectivity index is 1.80. The van der Waals surface area contributed by atoms with Crippen molar-refractivity contribution < 1.29 is 9.53 Å². The van der Waals surface area contributed by atoms with Gasteiger partial charge in [-0.1, -0.05) is 24.3 Å². The van der Waals surface area contributed by atoms with Gasteiger partial charge in [-0.15, -0.1) is 11.3 Å². The third kappa shape index (κ3) is 2.33. The van der Waals surface area contributed by atoms with Gasteiger partial charge < -0.3 is 10.1 Å². The fourth-order valence-corrected chi connectivity index (χ4v) is 4.13. The quantitative estimate of drug-likeness (QED) is 0.856. The van der Waals surface area contributed by atoms with E-state index in [1.807, 2.05) is 6.92 Å². The fraction of sp³-hybridized carbons (Fsp3) is 0.278. The van der Waals surface area contributed by atoms with Crippen molar-refractivity contribution in [2.45, 2.75) is 32.3 Å². The molecule has 0 saturated carbocycles. The van der Waals surface area contributed by atoms with Crippen LogP contribution in [0.15, 0.2) is 47.9 Å². The highest BCUT2D eigenvalue weighted by Crippen LogP contribution is 2.39. The van der Waals surface area contributed by atoms with Gasteiger partial charge in [0.05, 0.1) is 12.1 Å². The summed E-state index contributed by atoms with van der Waals surface area (Å²) >= 11 is 1.77. The van der Waals surface area contributed by atoms with E-state index >= 15 is 0 Å². The predicted octanol–water partition coefficient (Wildman–Crippen LogP) is 4.22. The summed E-state index contributed by atoms with van der Waals surface area (Å²) in [7, 11) is 0. The zero-order valence-corrected chi connectivity index (χ0v) is 13.2. The first-order valence-electron chi connectivity index (χ1n) is 7.60. The Hall–Kier alpha value is -2.07. The number of allylic oxidation sites excluding steroid dienone is 3. The molecule has 0 fully saturated rings. The molecule has 1 amide bonds. The molecule has 1 N–H and O–H groups in total. The average molecular weight is 311 g/mol. The lowest BCUT2D eigenvalue weighted by molar-refractivity contribution is -0.121. The largest absolute Gasteiger partial charge is 0.488 e. The number of fused-ring (bicyclic) bond motifs is 1. The van der Waals surface area contributed by atoms with E-state index in [1.165, 1.54) is 15.0 Å². The second kappa shape index (κ2) is 5.29. The van der Waals surface area contributed by atoms with Gasteiger partial charge in [0, 0.05) is 15.2 Å². The Kier molecular flexibility index (Phi) is 3.26. The Morgan fingerprint density at radius 3 is 3.05 bits per heavy atom. The molecule has 0 radical (unpaired) electrons. The maximum absolute atomic E-state index is 11.9. The first-order valence-corrected chi connectivity index (χ1v) is 8.41. The molecule has 112 valence electrons. The maximum atomic E-state index is 11.9. The average Bonchev–Trinajstić information content (AvgIpc) is 2.85. The number of carbonyl (C=O) groups excluding carboxylic acids is 1. The summed E-state index contributed by atoms with van der Waals surface area (Å²) < 4.78 is 7.36. The third-order valence-electron chi connectivity index (χ3n) is 4.03. The molecule has 1 atom stereocenters. The van der Waals surface area contributed by atoms with Crippen LogP contribution in [0.3, 0.4) is 0 Å². The van der Waals surface area contributed by atoms with Crippen LogP contribution >= 0.6 is 11.3 Å². The zero-order valence-electron chi connectivity index (χ0n) is 12.4. The lowest BCUT2D eigenvalue weighted by Crippen LogP contribution is -2.23. The molecule has 22 heavy (non-hydrogen) atoms. The van der Waals surface area contributed by atoms with Crippen LogP contribution in [0.25, 0.3) is 15.7 Å². The van der Waals surface area contributed by atoms with Gasteiger partial charge in [0.1, 0.15) is 11.9 Å². The molecule has 0 spiro atoms. The summed E-state index contributed by atoms with van der Waals surface area (Å²) in [6, 6.07) is 10.6. The SMILES string of the molecule is C[C@@H]1CC(=O)NC2=C(O1)C(c1cc3ccccc3s1)=CCC2. The molecule has 0 saturated heterocycles. The van der Waals surface area contributed by atoms with Gasteiger partial charge >= 0.3 is 0 Å². The van der Waals surface area contributed by atoms with E-state index in [1.54, 1.807) is 11.3 Å². The van der Waals surface area contributed by atoms with Crippen LogP contribution in [0.2, 0.25) is 0 Å². The Bertz CT molecular complexity index is 782. The van der Waals surface area contributed by atoms with Gasteiger partial charge in [0.25, 0.3) is 0 Å². The van der Waals surface area contributed by atoms with Crippen molar-refractivity contribution in [1.82, 2.24) is 5.32 Å². The number of thiophene rings is 1. The van der Waals surface area contributed by atoms with E-state index in [0.29, 0.717) is 6.42 Å². The van der Waals surface area contributed by atoms with Gasteiger partial charge in [-0.3, -0.25) is 4.79 Å². The van der Waals surface area contributed by atoms with E-state index in [0.717, 1.165) is 29.9 Å². The monoisotopic (exact) mass is 311 g/mol. The summed E-state index contributed by atoms with van der Waals surface area (Å²) in [6.45, 7) is 1.95. The summed E-state index contributed by atoms with van der Waals surface area (Å²) in [5.41, 5.74) is 2.06. The second-order valence-corrected chi connectivity index (χ2v) is 6.88. The van der Waals surface area contributed by atoms with Crippen molar-refractivity contribution in [3.8, 4) is 0 Å². The van der Waals surface area contributed by atoms with Crippen molar-refractivity contribution in [3.05, 3.63) is 52.7 Å². The van der Waals surface area contributed by atoms with Gasteiger partial charge in [0.15, 0.2) is 0 Å².